The Morgan fingerprint density at radius 3 is 2.80 bits per heavy atom. The number of ketones is 1. The number of hydrogen-bond donors (Lipinski definition) is 1. The third-order valence-electron chi connectivity index (χ3n) is 1.89. The number of halogens is 1. The molecule has 4 heteroatoms. The summed E-state index contributed by atoms with van der Waals surface area (Å²) >= 11 is 5.89. The minimum absolute atomic E-state index is 0.0677. The van der Waals surface area contributed by atoms with E-state index in [4.69, 9.17) is 21.4 Å². The molecule has 0 unspecified atom stereocenters. The molecule has 0 aromatic heterocycles. The zero-order valence-electron chi connectivity index (χ0n) is 8.50. The molecule has 0 fully saturated rings. The van der Waals surface area contributed by atoms with E-state index in [1.54, 1.807) is 18.2 Å². The fourth-order valence-electron chi connectivity index (χ4n) is 1.13. The van der Waals surface area contributed by atoms with E-state index in [2.05, 4.69) is 0 Å². The van der Waals surface area contributed by atoms with Gasteiger partial charge in [0.1, 0.15) is 5.75 Å². The average Bonchev–Trinajstić information content (AvgIpc) is 2.17. The van der Waals surface area contributed by atoms with Gasteiger partial charge < -0.3 is 9.84 Å². The van der Waals surface area contributed by atoms with Gasteiger partial charge in [-0.2, -0.15) is 0 Å². The van der Waals surface area contributed by atoms with Crippen LogP contribution in [0.4, 0.5) is 0 Å². The molecule has 1 rings (SSSR count). The Kier molecular flexibility index (Phi) is 4.59. The number of benzene rings is 1. The Hall–Kier alpha value is -1.06. The molecule has 0 aliphatic rings. The van der Waals surface area contributed by atoms with Crippen LogP contribution in [0, 0.1) is 0 Å². The lowest BCUT2D eigenvalue weighted by atomic mass is 10.1. The smallest absolute Gasteiger partial charge is 0.161 e. The molecule has 3 nitrogen and oxygen atoms in total. The van der Waals surface area contributed by atoms with E-state index in [1.165, 1.54) is 6.92 Å². The molecule has 0 atom stereocenters. The van der Waals surface area contributed by atoms with Gasteiger partial charge in [-0.1, -0.05) is 11.6 Å². The number of hydrogen-bond acceptors (Lipinski definition) is 3. The van der Waals surface area contributed by atoms with Crippen LogP contribution in [-0.2, 0) is 0 Å². The summed E-state index contributed by atoms with van der Waals surface area (Å²) in [6.45, 7) is 2.00. The molecular weight excluding hydrogens is 216 g/mol. The van der Waals surface area contributed by atoms with Crippen LogP contribution in [-0.4, -0.2) is 24.1 Å². The molecule has 1 aromatic carbocycles. The lowest BCUT2D eigenvalue weighted by Crippen LogP contribution is -2.00. The van der Waals surface area contributed by atoms with Crippen molar-refractivity contribution in [3.8, 4) is 5.75 Å². The molecule has 15 heavy (non-hydrogen) atoms. The maximum absolute atomic E-state index is 11.1. The van der Waals surface area contributed by atoms with Gasteiger partial charge in [-0.05, 0) is 25.1 Å². The van der Waals surface area contributed by atoms with Crippen LogP contribution in [0.25, 0.3) is 0 Å². The number of carbonyl (C=O) groups excluding carboxylic acids is 1. The second kappa shape index (κ2) is 5.73. The summed E-state index contributed by atoms with van der Waals surface area (Å²) in [4.78, 5) is 11.1. The summed E-state index contributed by atoms with van der Waals surface area (Å²) in [6.07, 6.45) is 0.575. The maximum atomic E-state index is 11.1. The second-order valence-electron chi connectivity index (χ2n) is 3.12. The monoisotopic (exact) mass is 228 g/mol. The Labute approximate surface area is 93.6 Å². The number of rotatable bonds is 5. The average molecular weight is 229 g/mol. The fourth-order valence-corrected chi connectivity index (χ4v) is 1.43. The third-order valence-corrected chi connectivity index (χ3v) is 2.20. The van der Waals surface area contributed by atoms with Crippen LogP contribution in [0.1, 0.15) is 23.7 Å². The highest BCUT2D eigenvalue weighted by molar-refractivity contribution is 6.34. The van der Waals surface area contributed by atoms with Crippen LogP contribution >= 0.6 is 11.6 Å². The summed E-state index contributed by atoms with van der Waals surface area (Å²) in [5.41, 5.74) is 0.492. The lowest BCUT2D eigenvalue weighted by molar-refractivity contribution is 0.101. The SMILES string of the molecule is CC(=O)c1ccc(OCCCO)cc1Cl. The summed E-state index contributed by atoms with van der Waals surface area (Å²) in [6, 6.07) is 4.94. The minimum atomic E-state index is -0.0677. The van der Waals surface area contributed by atoms with E-state index in [0.29, 0.717) is 29.4 Å². The van der Waals surface area contributed by atoms with E-state index >= 15 is 0 Å². The topological polar surface area (TPSA) is 46.5 Å². The Morgan fingerprint density at radius 2 is 2.27 bits per heavy atom. The van der Waals surface area contributed by atoms with Crippen LogP contribution in [0.3, 0.4) is 0 Å². The first-order valence-corrected chi connectivity index (χ1v) is 5.07. The van der Waals surface area contributed by atoms with Gasteiger partial charge in [0.05, 0.1) is 11.6 Å². The standard InChI is InChI=1S/C11H13ClO3/c1-8(14)10-4-3-9(7-11(10)12)15-6-2-5-13/h3-4,7,13H,2,5-6H2,1H3. The third kappa shape index (κ3) is 3.53. The van der Waals surface area contributed by atoms with E-state index in [1.807, 2.05) is 0 Å². The zero-order chi connectivity index (χ0) is 11.3. The molecule has 1 N–H and O–H groups in total. The van der Waals surface area contributed by atoms with Gasteiger partial charge in [0.15, 0.2) is 5.78 Å². The van der Waals surface area contributed by atoms with Gasteiger partial charge in [-0.25, -0.2) is 0 Å². The van der Waals surface area contributed by atoms with E-state index in [0.717, 1.165) is 0 Å². The summed E-state index contributed by atoms with van der Waals surface area (Å²) < 4.78 is 5.31. The second-order valence-corrected chi connectivity index (χ2v) is 3.53. The van der Waals surface area contributed by atoms with E-state index in [-0.39, 0.29) is 12.4 Å². The normalized spacial score (nSPS) is 10.1. The van der Waals surface area contributed by atoms with Crippen molar-refractivity contribution in [2.45, 2.75) is 13.3 Å². The first-order chi connectivity index (χ1) is 7.15. The van der Waals surface area contributed by atoms with Crippen molar-refractivity contribution < 1.29 is 14.6 Å². The van der Waals surface area contributed by atoms with E-state index in [9.17, 15) is 4.79 Å². The number of carbonyl (C=O) groups is 1. The Balaban J connectivity index is 2.69. The fraction of sp³-hybridized carbons (Fsp3) is 0.364. The first kappa shape index (κ1) is 12.0. The molecule has 82 valence electrons. The molecule has 0 aliphatic heterocycles. The van der Waals surface area contributed by atoms with Crippen molar-refractivity contribution in [1.29, 1.82) is 0 Å². The Morgan fingerprint density at radius 1 is 1.53 bits per heavy atom. The first-order valence-electron chi connectivity index (χ1n) is 4.69. The van der Waals surface area contributed by atoms with Gasteiger partial charge in [-0.15, -0.1) is 0 Å². The van der Waals surface area contributed by atoms with Crippen molar-refractivity contribution in [2.75, 3.05) is 13.2 Å². The molecule has 0 saturated carbocycles. The molecule has 1 aromatic rings. The molecule has 0 aliphatic carbocycles. The van der Waals surface area contributed by atoms with Crippen molar-refractivity contribution in [3.05, 3.63) is 28.8 Å². The molecule has 0 bridgehead atoms. The number of ether oxygens (including phenoxy) is 1. The lowest BCUT2D eigenvalue weighted by Gasteiger charge is -2.06. The van der Waals surface area contributed by atoms with Crippen LogP contribution in [0.5, 0.6) is 5.75 Å². The maximum Gasteiger partial charge on any atom is 0.161 e. The largest absolute Gasteiger partial charge is 0.493 e. The van der Waals surface area contributed by atoms with Gasteiger partial charge >= 0.3 is 0 Å². The van der Waals surface area contributed by atoms with Gasteiger partial charge in [0.25, 0.3) is 0 Å². The zero-order valence-corrected chi connectivity index (χ0v) is 9.25. The molecule has 0 spiro atoms. The molecule has 0 heterocycles. The Bertz CT molecular complexity index is 350. The summed E-state index contributed by atoms with van der Waals surface area (Å²) in [5, 5.41) is 8.96. The highest BCUT2D eigenvalue weighted by Gasteiger charge is 2.06. The van der Waals surface area contributed by atoms with Gasteiger partial charge in [0, 0.05) is 18.6 Å². The van der Waals surface area contributed by atoms with Crippen LogP contribution in [0.2, 0.25) is 5.02 Å². The highest BCUT2D eigenvalue weighted by Crippen LogP contribution is 2.22. The van der Waals surface area contributed by atoms with Crippen molar-refractivity contribution in [3.63, 3.8) is 0 Å². The highest BCUT2D eigenvalue weighted by atomic mass is 35.5. The number of aliphatic hydroxyl groups is 1. The van der Waals surface area contributed by atoms with Crippen molar-refractivity contribution in [1.82, 2.24) is 0 Å². The van der Waals surface area contributed by atoms with Gasteiger partial charge in [0.2, 0.25) is 0 Å². The molecule has 0 saturated heterocycles. The summed E-state index contributed by atoms with van der Waals surface area (Å²) in [7, 11) is 0. The molecule has 0 radical (unpaired) electrons. The van der Waals surface area contributed by atoms with Crippen LogP contribution < -0.4 is 4.74 Å². The number of aliphatic hydroxyl groups excluding tert-OH is 1. The summed E-state index contributed by atoms with van der Waals surface area (Å²) in [5.74, 6) is 0.542. The molecule has 0 amide bonds. The number of Topliss-reactive ketones (excluding diaryl/α,β-unsaturated/α-hetero) is 1. The van der Waals surface area contributed by atoms with Crippen molar-refractivity contribution in [2.24, 2.45) is 0 Å². The van der Waals surface area contributed by atoms with Crippen LogP contribution in [0.15, 0.2) is 18.2 Å². The molecular formula is C11H13ClO3. The van der Waals surface area contributed by atoms with Gasteiger partial charge in [-0.3, -0.25) is 4.79 Å². The predicted molar refractivity (Wildman–Crippen MR) is 58.7 cm³/mol. The quantitative estimate of drug-likeness (QED) is 0.621. The predicted octanol–water partition coefficient (Wildman–Crippen LogP) is 2.30. The van der Waals surface area contributed by atoms with Crippen molar-refractivity contribution >= 4 is 17.4 Å². The minimum Gasteiger partial charge on any atom is -0.493 e. The van der Waals surface area contributed by atoms with E-state index < -0.39 is 0 Å².